The number of nitrogens with one attached hydrogen (secondary N) is 1. The topological polar surface area (TPSA) is 131 Å². The van der Waals surface area contributed by atoms with Gasteiger partial charge in [-0.25, -0.2) is 22.6 Å². The Balaban J connectivity index is 1.71. The van der Waals surface area contributed by atoms with Crippen LogP contribution in [0.2, 0.25) is 0 Å². The van der Waals surface area contributed by atoms with Crippen LogP contribution in [0, 0.1) is 5.82 Å². The number of carbonyl (C=O) groups excluding carboxylic acids is 2. The zero-order valence-electron chi connectivity index (χ0n) is 19.0. The van der Waals surface area contributed by atoms with Crippen LogP contribution < -0.4 is 4.72 Å². The van der Waals surface area contributed by atoms with Crippen molar-refractivity contribution in [3.63, 3.8) is 0 Å². The molecule has 1 aromatic carbocycles. The molecule has 0 fully saturated rings. The maximum absolute atomic E-state index is 13.0. The Bertz CT molecular complexity index is 1450. The van der Waals surface area contributed by atoms with Crippen molar-refractivity contribution < 1.29 is 45.5 Å². The number of aliphatic hydroxyl groups is 1. The molecular weight excluding hydrogens is 544 g/mol. The molecule has 3 aromatic rings. The molecule has 2 N–H and O–H groups in total. The molecule has 2 aromatic heterocycles. The molecule has 2 amide bonds. The number of aryl methyl sites for hydroxylation is 1. The summed E-state index contributed by atoms with van der Waals surface area (Å²) >= 11 is 0.535. The summed E-state index contributed by atoms with van der Waals surface area (Å²) in [6.45, 7) is -0.180. The second-order valence-corrected chi connectivity index (χ2v) is 10.3. The average molecular weight is 563 g/mol. The van der Waals surface area contributed by atoms with E-state index in [1.807, 2.05) is 0 Å². The van der Waals surface area contributed by atoms with E-state index in [1.165, 1.54) is 18.2 Å². The normalized spacial score (nSPS) is 12.4. The number of rotatable bonds is 8. The Morgan fingerprint density at radius 1 is 1.22 bits per heavy atom. The average Bonchev–Trinajstić information content (AvgIpc) is 3.45. The fourth-order valence-electron chi connectivity index (χ4n) is 2.92. The smallest absolute Gasteiger partial charge is 0.433 e. The Morgan fingerprint density at radius 3 is 2.43 bits per heavy atom. The van der Waals surface area contributed by atoms with E-state index in [9.17, 15) is 40.7 Å². The van der Waals surface area contributed by atoms with Gasteiger partial charge in [0.05, 0.1) is 24.6 Å². The fraction of sp³-hybridized carbons (Fsp3) is 0.190. The van der Waals surface area contributed by atoms with Gasteiger partial charge in [0.2, 0.25) is 0 Å². The van der Waals surface area contributed by atoms with Gasteiger partial charge in [0.1, 0.15) is 21.4 Å². The van der Waals surface area contributed by atoms with E-state index in [0.29, 0.717) is 27.7 Å². The van der Waals surface area contributed by atoms with Crippen molar-refractivity contribution in [3.8, 4) is 10.6 Å². The second kappa shape index (κ2) is 10.7. The highest BCUT2D eigenvalue weighted by molar-refractivity contribution is 7.92. The van der Waals surface area contributed by atoms with E-state index >= 15 is 0 Å². The van der Waals surface area contributed by atoms with Crippen LogP contribution in [0.4, 0.5) is 17.6 Å². The Hall–Kier alpha value is -3.76. The number of amides is 2. The van der Waals surface area contributed by atoms with Crippen molar-refractivity contribution in [2.45, 2.75) is 16.9 Å². The zero-order valence-corrected chi connectivity index (χ0v) is 20.6. The van der Waals surface area contributed by atoms with Crippen molar-refractivity contribution in [1.82, 2.24) is 19.6 Å². The molecule has 0 aliphatic carbocycles. The number of nitrogens with zero attached hydrogens (tertiary/aromatic N) is 3. The van der Waals surface area contributed by atoms with Gasteiger partial charge in [-0.3, -0.25) is 19.1 Å². The minimum atomic E-state index is -4.67. The standard InChI is InChI=1S/C21H18F4N4O6S2/c1-28-17(21(23,24)25)9-14(26-28)16-7-8-19(36-16)37(33,34)27-20(32)15(30)10-18(31)29(35-2)11-12-3-5-13(22)6-4-12/h3-10,30H,11H2,1-2H3,(H,27,32)/b15-10-. The fourth-order valence-corrected chi connectivity index (χ4v) is 5.15. The molecule has 0 radical (unpaired) electrons. The van der Waals surface area contributed by atoms with E-state index in [1.54, 1.807) is 4.72 Å². The molecular formula is C21H18F4N4O6S2. The van der Waals surface area contributed by atoms with Crippen molar-refractivity contribution in [2.75, 3.05) is 7.11 Å². The SMILES string of the molecule is CON(Cc1ccc(F)cc1)C(=O)/C=C(\O)C(=O)NS(=O)(=O)c1ccc(-c2cc(C(F)(F)F)n(C)n2)s1. The van der Waals surface area contributed by atoms with Crippen LogP contribution in [0.1, 0.15) is 11.3 Å². The summed E-state index contributed by atoms with van der Waals surface area (Å²) in [4.78, 5) is 29.5. The van der Waals surface area contributed by atoms with E-state index < -0.39 is 49.5 Å². The summed E-state index contributed by atoms with van der Waals surface area (Å²) in [5, 5.41) is 14.4. The summed E-state index contributed by atoms with van der Waals surface area (Å²) in [5.41, 5.74) is -0.722. The highest BCUT2D eigenvalue weighted by atomic mass is 32.2. The van der Waals surface area contributed by atoms with Crippen molar-refractivity contribution in [2.24, 2.45) is 7.05 Å². The number of thiophene rings is 1. The molecule has 0 bridgehead atoms. The summed E-state index contributed by atoms with van der Waals surface area (Å²) in [7, 11) is -2.36. The van der Waals surface area contributed by atoms with E-state index in [-0.39, 0.29) is 17.1 Å². The summed E-state index contributed by atoms with van der Waals surface area (Å²) in [5.74, 6) is -4.33. The first-order chi connectivity index (χ1) is 17.2. The van der Waals surface area contributed by atoms with Gasteiger partial charge >= 0.3 is 6.18 Å². The Labute approximate surface area is 211 Å². The van der Waals surface area contributed by atoms with Crippen LogP contribution in [0.15, 0.2) is 58.5 Å². The molecule has 0 saturated carbocycles. The van der Waals surface area contributed by atoms with Crippen molar-refractivity contribution in [3.05, 3.63) is 71.4 Å². The van der Waals surface area contributed by atoms with Gasteiger partial charge in [0, 0.05) is 7.05 Å². The number of halogens is 4. The third-order valence-corrected chi connectivity index (χ3v) is 7.63. The van der Waals surface area contributed by atoms with Crippen molar-refractivity contribution >= 4 is 33.2 Å². The highest BCUT2D eigenvalue weighted by Crippen LogP contribution is 2.35. The van der Waals surface area contributed by atoms with Crippen LogP contribution >= 0.6 is 11.3 Å². The predicted octanol–water partition coefficient (Wildman–Crippen LogP) is 3.14. The number of sulfonamides is 1. The molecule has 0 spiro atoms. The third kappa shape index (κ3) is 6.72. The lowest BCUT2D eigenvalue weighted by atomic mass is 10.2. The summed E-state index contributed by atoms with van der Waals surface area (Å²) < 4.78 is 78.9. The van der Waals surface area contributed by atoms with E-state index in [2.05, 4.69) is 5.10 Å². The van der Waals surface area contributed by atoms with Gasteiger partial charge in [-0.15, -0.1) is 11.3 Å². The summed E-state index contributed by atoms with van der Waals surface area (Å²) in [6, 6.07) is 8.05. The molecule has 198 valence electrons. The van der Waals surface area contributed by atoms with Gasteiger partial charge < -0.3 is 5.11 Å². The quantitative estimate of drug-likeness (QED) is 0.187. The lowest BCUT2D eigenvalue weighted by molar-refractivity contribution is -0.173. The third-order valence-electron chi connectivity index (χ3n) is 4.69. The van der Waals surface area contributed by atoms with Crippen LogP contribution in [0.25, 0.3) is 10.6 Å². The minimum Gasteiger partial charge on any atom is -0.503 e. The molecule has 3 rings (SSSR count). The number of aliphatic hydroxyl groups excluding tert-OH is 1. The van der Waals surface area contributed by atoms with Crippen LogP contribution in [-0.2, 0) is 44.2 Å². The molecule has 2 heterocycles. The Morgan fingerprint density at radius 2 is 1.86 bits per heavy atom. The number of aromatic nitrogens is 2. The first kappa shape index (κ1) is 27.8. The van der Waals surface area contributed by atoms with Gasteiger partial charge in [-0.1, -0.05) is 12.1 Å². The first-order valence-electron chi connectivity index (χ1n) is 10.0. The molecule has 16 heteroatoms. The molecule has 0 aliphatic rings. The lowest BCUT2D eigenvalue weighted by Crippen LogP contribution is -2.33. The minimum absolute atomic E-state index is 0.0744. The molecule has 0 aliphatic heterocycles. The van der Waals surface area contributed by atoms with Gasteiger partial charge in [0.15, 0.2) is 5.76 Å². The Kier molecular flexibility index (Phi) is 8.04. The number of hydroxylamine groups is 2. The maximum atomic E-state index is 13.0. The molecule has 0 unspecified atom stereocenters. The maximum Gasteiger partial charge on any atom is 0.433 e. The number of alkyl halides is 3. The highest BCUT2D eigenvalue weighted by Gasteiger charge is 2.35. The zero-order chi connectivity index (χ0) is 27.5. The number of hydrogen-bond donors (Lipinski definition) is 2. The summed E-state index contributed by atoms with van der Waals surface area (Å²) in [6.07, 6.45) is -4.25. The second-order valence-electron chi connectivity index (χ2n) is 7.30. The van der Waals surface area contributed by atoms with E-state index in [4.69, 9.17) is 4.84 Å². The van der Waals surface area contributed by atoms with Gasteiger partial charge in [0.25, 0.3) is 21.8 Å². The van der Waals surface area contributed by atoms with Crippen LogP contribution in [0.5, 0.6) is 0 Å². The molecule has 0 atom stereocenters. The predicted molar refractivity (Wildman–Crippen MR) is 122 cm³/mol. The van der Waals surface area contributed by atoms with Gasteiger partial charge in [-0.2, -0.15) is 18.3 Å². The number of benzene rings is 1. The molecule has 37 heavy (non-hydrogen) atoms. The molecule has 0 saturated heterocycles. The van der Waals surface area contributed by atoms with Crippen molar-refractivity contribution in [1.29, 1.82) is 0 Å². The number of carbonyl (C=O) groups is 2. The molecule has 10 nitrogen and oxygen atoms in total. The lowest BCUT2D eigenvalue weighted by Gasteiger charge is -2.18. The van der Waals surface area contributed by atoms with E-state index in [0.717, 1.165) is 43.5 Å². The van der Waals surface area contributed by atoms with Gasteiger partial charge in [-0.05, 0) is 35.9 Å². The largest absolute Gasteiger partial charge is 0.503 e. The first-order valence-corrected chi connectivity index (χ1v) is 12.3. The monoisotopic (exact) mass is 562 g/mol. The number of hydrogen-bond acceptors (Lipinski definition) is 8. The van der Waals surface area contributed by atoms with Crippen LogP contribution in [-0.4, -0.2) is 47.3 Å². The van der Waals surface area contributed by atoms with Crippen LogP contribution in [0.3, 0.4) is 0 Å².